The predicted octanol–water partition coefficient (Wildman–Crippen LogP) is 1.16. The van der Waals surface area contributed by atoms with E-state index in [0.29, 0.717) is 12.2 Å². The second-order valence-corrected chi connectivity index (χ2v) is 4.98. The van der Waals surface area contributed by atoms with Crippen LogP contribution >= 0.6 is 0 Å². The van der Waals surface area contributed by atoms with E-state index in [9.17, 15) is 10.2 Å². The van der Waals surface area contributed by atoms with Gasteiger partial charge in [0.2, 0.25) is 0 Å². The van der Waals surface area contributed by atoms with Crippen molar-refractivity contribution in [1.29, 1.82) is 0 Å². The van der Waals surface area contributed by atoms with Gasteiger partial charge in [0.25, 0.3) is 0 Å². The number of aliphatic hydroxyl groups excluding tert-OH is 2. The van der Waals surface area contributed by atoms with Crippen LogP contribution in [0.5, 0.6) is 0 Å². The highest BCUT2D eigenvalue weighted by Crippen LogP contribution is 2.32. The molecule has 0 amide bonds. The number of rotatable bonds is 6. The molecule has 1 aliphatic rings. The minimum atomic E-state index is -0.443. The molecule has 0 spiro atoms. The maximum absolute atomic E-state index is 9.81. The first-order chi connectivity index (χ1) is 9.17. The van der Waals surface area contributed by atoms with Crippen LogP contribution in [0.1, 0.15) is 37.4 Å². The number of hydrogen-bond donors (Lipinski definition) is 3. The molecule has 0 fully saturated rings. The Morgan fingerprint density at radius 3 is 2.89 bits per heavy atom. The number of nitrogens with zero attached hydrogens (tertiary/aromatic N) is 2. The number of aromatic nitrogens is 2. The summed E-state index contributed by atoms with van der Waals surface area (Å²) in [5, 5.41) is 19.1. The number of nitrogen functional groups attached to an aromatic ring is 1. The van der Waals surface area contributed by atoms with Gasteiger partial charge in [0, 0.05) is 18.1 Å². The molecule has 104 valence electrons. The van der Waals surface area contributed by atoms with Crippen LogP contribution in [0.15, 0.2) is 12.4 Å². The first kappa shape index (κ1) is 14.0. The van der Waals surface area contributed by atoms with Crippen molar-refractivity contribution in [2.45, 2.75) is 38.7 Å². The first-order valence-corrected chi connectivity index (χ1v) is 6.75. The van der Waals surface area contributed by atoms with Crippen molar-refractivity contribution in [1.82, 2.24) is 9.97 Å². The van der Waals surface area contributed by atoms with E-state index >= 15 is 0 Å². The van der Waals surface area contributed by atoms with E-state index in [1.807, 2.05) is 6.92 Å². The smallest absolute Gasteiger partial charge is 0.130 e. The lowest BCUT2D eigenvalue weighted by atomic mass is 9.93. The van der Waals surface area contributed by atoms with Gasteiger partial charge in [-0.3, -0.25) is 0 Å². The molecule has 0 bridgehead atoms. The Bertz CT molecular complexity index is 474. The molecule has 1 heterocycles. The molecular weight excluding hydrogens is 242 g/mol. The lowest BCUT2D eigenvalue weighted by Crippen LogP contribution is -2.23. The standard InChI is InChI=1S/C14H21N3O2/c1-2-12(19)10(7-18)4-3-9-5-6-11-13(9)16-8-17-14(11)15/h5,8,10,12,18-19H,2-4,6-7H2,1H3,(H2,15,16,17)/t10-,12-/m0/s1. The van der Waals surface area contributed by atoms with E-state index in [2.05, 4.69) is 16.0 Å². The molecule has 4 N–H and O–H groups in total. The molecule has 5 nitrogen and oxygen atoms in total. The van der Waals surface area contributed by atoms with Gasteiger partial charge in [-0.05, 0) is 31.3 Å². The molecule has 0 aliphatic heterocycles. The highest BCUT2D eigenvalue weighted by molar-refractivity contribution is 5.73. The van der Waals surface area contributed by atoms with Crippen LogP contribution < -0.4 is 5.73 Å². The first-order valence-electron chi connectivity index (χ1n) is 6.75. The molecule has 1 aliphatic carbocycles. The quantitative estimate of drug-likeness (QED) is 0.716. The van der Waals surface area contributed by atoms with Crippen LogP contribution in [-0.2, 0) is 6.42 Å². The van der Waals surface area contributed by atoms with Crippen molar-refractivity contribution < 1.29 is 10.2 Å². The zero-order valence-corrected chi connectivity index (χ0v) is 11.2. The topological polar surface area (TPSA) is 92.3 Å². The highest BCUT2D eigenvalue weighted by Gasteiger charge is 2.21. The minimum Gasteiger partial charge on any atom is -0.396 e. The van der Waals surface area contributed by atoms with Gasteiger partial charge >= 0.3 is 0 Å². The number of hydrogen-bond acceptors (Lipinski definition) is 5. The number of allylic oxidation sites excluding steroid dienone is 2. The molecule has 5 heteroatoms. The summed E-state index contributed by atoms with van der Waals surface area (Å²) in [5.41, 5.74) is 8.89. The Morgan fingerprint density at radius 2 is 2.21 bits per heavy atom. The Morgan fingerprint density at radius 1 is 1.42 bits per heavy atom. The van der Waals surface area contributed by atoms with Crippen molar-refractivity contribution in [2.75, 3.05) is 12.3 Å². The molecule has 0 saturated heterocycles. The number of nitrogens with two attached hydrogens (primary N) is 1. The van der Waals surface area contributed by atoms with Crippen molar-refractivity contribution in [3.63, 3.8) is 0 Å². The summed E-state index contributed by atoms with van der Waals surface area (Å²) in [7, 11) is 0. The second-order valence-electron chi connectivity index (χ2n) is 4.98. The summed E-state index contributed by atoms with van der Waals surface area (Å²) in [4.78, 5) is 8.28. The van der Waals surface area contributed by atoms with Gasteiger partial charge in [-0.25, -0.2) is 9.97 Å². The highest BCUT2D eigenvalue weighted by atomic mass is 16.3. The van der Waals surface area contributed by atoms with Crippen LogP contribution in [0.4, 0.5) is 5.82 Å². The van der Waals surface area contributed by atoms with Gasteiger partial charge in [-0.15, -0.1) is 0 Å². The normalized spacial score (nSPS) is 16.9. The summed E-state index contributed by atoms with van der Waals surface area (Å²) in [5.74, 6) is 0.470. The van der Waals surface area contributed by atoms with Gasteiger partial charge in [-0.2, -0.15) is 0 Å². The van der Waals surface area contributed by atoms with E-state index in [1.54, 1.807) is 0 Å². The summed E-state index contributed by atoms with van der Waals surface area (Å²) >= 11 is 0. The maximum atomic E-state index is 9.81. The number of aliphatic hydroxyl groups is 2. The predicted molar refractivity (Wildman–Crippen MR) is 74.2 cm³/mol. The van der Waals surface area contributed by atoms with E-state index in [4.69, 9.17) is 5.73 Å². The van der Waals surface area contributed by atoms with Crippen LogP contribution in [0, 0.1) is 5.92 Å². The van der Waals surface area contributed by atoms with Crippen molar-refractivity contribution in [2.24, 2.45) is 5.92 Å². The summed E-state index contributed by atoms with van der Waals surface area (Å²) in [6.45, 7) is 1.94. The van der Waals surface area contributed by atoms with Crippen molar-refractivity contribution in [3.05, 3.63) is 23.7 Å². The Balaban J connectivity index is 2.01. The van der Waals surface area contributed by atoms with Gasteiger partial charge in [0.1, 0.15) is 12.1 Å². The van der Waals surface area contributed by atoms with E-state index in [-0.39, 0.29) is 12.5 Å². The second kappa shape index (κ2) is 6.12. The Labute approximate surface area is 113 Å². The van der Waals surface area contributed by atoms with Gasteiger partial charge in [-0.1, -0.05) is 13.0 Å². The third-order valence-electron chi connectivity index (χ3n) is 3.82. The third-order valence-corrected chi connectivity index (χ3v) is 3.82. The van der Waals surface area contributed by atoms with Gasteiger partial charge in [0.15, 0.2) is 0 Å². The molecule has 19 heavy (non-hydrogen) atoms. The summed E-state index contributed by atoms with van der Waals surface area (Å²) in [6, 6.07) is 0. The summed E-state index contributed by atoms with van der Waals surface area (Å²) in [6.07, 6.45) is 6.14. The average molecular weight is 263 g/mol. The molecule has 0 radical (unpaired) electrons. The fourth-order valence-electron chi connectivity index (χ4n) is 2.53. The zero-order chi connectivity index (χ0) is 13.8. The lowest BCUT2D eigenvalue weighted by molar-refractivity contribution is 0.0606. The van der Waals surface area contributed by atoms with Crippen LogP contribution in [0.3, 0.4) is 0 Å². The van der Waals surface area contributed by atoms with E-state index in [1.165, 1.54) is 6.33 Å². The SMILES string of the molecule is CC[C@H](O)[C@H](CO)CCC1=CCc2c(N)ncnc21. The maximum Gasteiger partial charge on any atom is 0.130 e. The molecule has 0 saturated carbocycles. The average Bonchev–Trinajstić information content (AvgIpc) is 2.84. The summed E-state index contributed by atoms with van der Waals surface area (Å²) < 4.78 is 0. The van der Waals surface area contributed by atoms with E-state index in [0.717, 1.165) is 36.1 Å². The molecule has 1 aromatic rings. The lowest BCUT2D eigenvalue weighted by Gasteiger charge is -2.19. The largest absolute Gasteiger partial charge is 0.396 e. The Kier molecular flexibility index (Phi) is 4.50. The minimum absolute atomic E-state index is 0.0149. The molecule has 0 unspecified atom stereocenters. The molecular formula is C14H21N3O2. The zero-order valence-electron chi connectivity index (χ0n) is 11.2. The van der Waals surface area contributed by atoms with Crippen LogP contribution in [0.25, 0.3) is 5.57 Å². The Hall–Kier alpha value is -1.46. The molecule has 1 aromatic heterocycles. The molecule has 0 aromatic carbocycles. The number of anilines is 1. The number of fused-ring (bicyclic) bond motifs is 1. The van der Waals surface area contributed by atoms with Gasteiger partial charge in [0.05, 0.1) is 11.8 Å². The van der Waals surface area contributed by atoms with Crippen molar-refractivity contribution in [3.8, 4) is 0 Å². The van der Waals surface area contributed by atoms with Crippen LogP contribution in [0.2, 0.25) is 0 Å². The monoisotopic (exact) mass is 263 g/mol. The van der Waals surface area contributed by atoms with Gasteiger partial charge < -0.3 is 15.9 Å². The van der Waals surface area contributed by atoms with Crippen LogP contribution in [-0.4, -0.2) is 32.9 Å². The van der Waals surface area contributed by atoms with Crippen molar-refractivity contribution >= 4 is 11.4 Å². The third kappa shape index (κ3) is 2.93. The fraction of sp³-hybridized carbons (Fsp3) is 0.571. The molecule has 2 rings (SSSR count). The fourth-order valence-corrected chi connectivity index (χ4v) is 2.53. The molecule has 2 atom stereocenters. The van der Waals surface area contributed by atoms with E-state index < -0.39 is 6.10 Å².